The van der Waals surface area contributed by atoms with Gasteiger partial charge in [-0.25, -0.2) is 9.37 Å². The van der Waals surface area contributed by atoms with Crippen molar-refractivity contribution in [3.63, 3.8) is 0 Å². The van der Waals surface area contributed by atoms with Crippen LogP contribution in [0.2, 0.25) is 0 Å². The molecule has 1 aliphatic carbocycles. The van der Waals surface area contributed by atoms with Gasteiger partial charge < -0.3 is 24.2 Å². The zero-order valence-corrected chi connectivity index (χ0v) is 26.8. The van der Waals surface area contributed by atoms with Crippen molar-refractivity contribution in [1.82, 2.24) is 15.5 Å². The fourth-order valence-corrected chi connectivity index (χ4v) is 8.13. The molecule has 4 heterocycles. The van der Waals surface area contributed by atoms with Gasteiger partial charge in [-0.15, -0.1) is 13.2 Å². The number of hydrogen-bond acceptors (Lipinski definition) is 10. The normalized spacial score (nSPS) is 21.2. The summed E-state index contributed by atoms with van der Waals surface area (Å²) in [6, 6.07) is 8.50. The Bertz CT molecular complexity index is 1950. The van der Waals surface area contributed by atoms with Crippen molar-refractivity contribution < 1.29 is 49.3 Å². The first kappa shape index (κ1) is 32.7. The molecule has 2 aromatic heterocycles. The number of aromatic nitrogens is 2. The average molecular weight is 711 g/mol. The number of benzene rings is 2. The number of alkyl halides is 3. The summed E-state index contributed by atoms with van der Waals surface area (Å²) < 4.78 is 102. The number of amides is 1. The summed E-state index contributed by atoms with van der Waals surface area (Å²) in [5.74, 6) is -1.63. The van der Waals surface area contributed by atoms with Crippen molar-refractivity contribution >= 4 is 42.7 Å². The Morgan fingerprint density at radius 2 is 1.85 bits per heavy atom. The van der Waals surface area contributed by atoms with Crippen molar-refractivity contribution in [2.24, 2.45) is 0 Å². The molecule has 3 aliphatic rings. The number of hydrogen-bond donors (Lipinski definition) is 2. The highest BCUT2D eigenvalue weighted by Gasteiger charge is 2.43. The van der Waals surface area contributed by atoms with Crippen molar-refractivity contribution in [3.05, 3.63) is 59.1 Å². The third kappa shape index (κ3) is 6.99. The standard InChI is InChI=1S/C31H30F4N4O7S2/c32-23-11-17(29(40)36-9-10-48(41,42)43)12-25-27(23)37-30(47-25)39-18-7-8-19(39)14-20(13-18)44-15-22-26(38-46-28(22)16-5-6-16)21-3-1-2-4-24(21)45-31(33,34)35/h1-4,11-12,16,18-20H,5-10,13-15H2,(H,36,40)(H,41,42,43)/t18-,19+,20+. The molecule has 2 saturated heterocycles. The highest BCUT2D eigenvalue weighted by molar-refractivity contribution is 7.85. The van der Waals surface area contributed by atoms with Gasteiger partial charge >= 0.3 is 6.36 Å². The molecule has 11 nitrogen and oxygen atoms in total. The van der Waals surface area contributed by atoms with Crippen molar-refractivity contribution in [3.8, 4) is 17.0 Å². The summed E-state index contributed by atoms with van der Waals surface area (Å²) in [6.07, 6.45) is -0.173. The highest BCUT2D eigenvalue weighted by Crippen LogP contribution is 2.47. The Morgan fingerprint density at radius 3 is 2.54 bits per heavy atom. The maximum Gasteiger partial charge on any atom is 0.573 e. The largest absolute Gasteiger partial charge is 0.573 e. The highest BCUT2D eigenvalue weighted by atomic mass is 32.2. The number of carbonyl (C=O) groups is 1. The predicted molar refractivity (Wildman–Crippen MR) is 166 cm³/mol. The molecular weight excluding hydrogens is 680 g/mol. The maximum absolute atomic E-state index is 15.1. The van der Waals surface area contributed by atoms with Gasteiger partial charge in [0.25, 0.3) is 16.0 Å². The lowest BCUT2D eigenvalue weighted by Gasteiger charge is -2.38. The zero-order chi connectivity index (χ0) is 33.8. The minimum atomic E-state index is -4.87. The van der Waals surface area contributed by atoms with E-state index >= 15 is 4.39 Å². The van der Waals surface area contributed by atoms with E-state index in [1.807, 2.05) is 0 Å². The van der Waals surface area contributed by atoms with Gasteiger partial charge in [-0.2, -0.15) is 8.42 Å². The van der Waals surface area contributed by atoms with Crippen LogP contribution in [0.4, 0.5) is 22.7 Å². The van der Waals surface area contributed by atoms with Crippen LogP contribution in [0.5, 0.6) is 5.75 Å². The first-order valence-electron chi connectivity index (χ1n) is 15.4. The van der Waals surface area contributed by atoms with Crippen LogP contribution in [-0.4, -0.2) is 65.9 Å². The molecule has 2 aliphatic heterocycles. The number of halogens is 4. The van der Waals surface area contributed by atoms with E-state index in [0.29, 0.717) is 34.0 Å². The molecule has 7 rings (SSSR count). The van der Waals surface area contributed by atoms with E-state index in [0.717, 1.165) is 31.7 Å². The maximum atomic E-state index is 15.1. The number of anilines is 1. The molecule has 0 radical (unpaired) electrons. The fourth-order valence-electron chi connectivity index (χ4n) is 6.61. The molecule has 0 unspecified atom stereocenters. The number of piperidine rings is 1. The van der Waals surface area contributed by atoms with Crippen LogP contribution >= 0.6 is 11.3 Å². The van der Waals surface area contributed by atoms with Gasteiger partial charge in [0.1, 0.15) is 22.7 Å². The molecule has 4 aromatic rings. The summed E-state index contributed by atoms with van der Waals surface area (Å²) in [7, 11) is -4.26. The topological polar surface area (TPSA) is 144 Å². The number of nitrogens with one attached hydrogen (secondary N) is 1. The minimum absolute atomic E-state index is 0.00637. The fraction of sp³-hybridized carbons (Fsp3) is 0.452. The molecule has 3 atom stereocenters. The molecule has 48 heavy (non-hydrogen) atoms. The summed E-state index contributed by atoms with van der Waals surface area (Å²) in [5, 5.41) is 7.14. The smallest absolute Gasteiger partial charge is 0.405 e. The van der Waals surface area contributed by atoms with Crippen LogP contribution < -0.4 is 15.0 Å². The van der Waals surface area contributed by atoms with E-state index in [4.69, 9.17) is 13.8 Å². The van der Waals surface area contributed by atoms with Crippen LogP contribution in [0.3, 0.4) is 0 Å². The van der Waals surface area contributed by atoms with Crippen LogP contribution in [0.15, 0.2) is 40.9 Å². The lowest BCUT2D eigenvalue weighted by molar-refractivity contribution is -0.274. The number of thiazole rings is 1. The third-order valence-corrected chi connectivity index (χ3v) is 10.6. The van der Waals surface area contributed by atoms with Crippen LogP contribution in [0.1, 0.15) is 66.1 Å². The van der Waals surface area contributed by atoms with E-state index < -0.39 is 34.0 Å². The number of fused-ring (bicyclic) bond motifs is 3. The Hall–Kier alpha value is -3.80. The van der Waals surface area contributed by atoms with E-state index in [-0.39, 0.29) is 65.3 Å². The predicted octanol–water partition coefficient (Wildman–Crippen LogP) is 6.20. The summed E-state index contributed by atoms with van der Waals surface area (Å²) in [4.78, 5) is 19.3. The monoisotopic (exact) mass is 710 g/mol. The number of ether oxygens (including phenoxy) is 2. The Labute approximate surface area is 275 Å². The number of carbonyl (C=O) groups excluding carboxylic acids is 1. The lowest BCUT2D eigenvalue weighted by atomic mass is 10.00. The number of nitrogens with zero attached hydrogens (tertiary/aromatic N) is 3. The van der Waals surface area contributed by atoms with Gasteiger partial charge in [0.05, 0.1) is 23.2 Å². The molecule has 2 aromatic carbocycles. The molecule has 0 spiro atoms. The first-order chi connectivity index (χ1) is 22.8. The number of para-hydroxylation sites is 1. The summed E-state index contributed by atoms with van der Waals surface area (Å²) in [6.45, 7) is -0.220. The van der Waals surface area contributed by atoms with Crippen LogP contribution in [0.25, 0.3) is 21.5 Å². The SMILES string of the molecule is O=C(NCCS(=O)(=O)O)c1cc(F)c2nc(N3[C@@H]4CC[C@H]3C[C@@H](OCc3c(-c5ccccc5OC(F)(F)F)noc3C3CC3)C4)sc2c1. The Morgan fingerprint density at radius 1 is 1.12 bits per heavy atom. The van der Waals surface area contributed by atoms with Gasteiger partial charge in [-0.3, -0.25) is 9.35 Å². The quantitative estimate of drug-likeness (QED) is 0.136. The second-order valence-corrected chi connectivity index (χ2v) is 14.8. The molecule has 17 heteroatoms. The minimum Gasteiger partial charge on any atom is -0.405 e. The van der Waals surface area contributed by atoms with Gasteiger partial charge in [-0.1, -0.05) is 28.6 Å². The molecule has 2 N–H and O–H groups in total. The Balaban J connectivity index is 1.06. The van der Waals surface area contributed by atoms with Crippen molar-refractivity contribution in [2.45, 2.75) is 75.6 Å². The molecular formula is C31H30F4N4O7S2. The zero-order valence-electron chi connectivity index (χ0n) is 25.2. The summed E-state index contributed by atoms with van der Waals surface area (Å²) >= 11 is 1.26. The van der Waals surface area contributed by atoms with Gasteiger partial charge in [-0.05, 0) is 62.8 Å². The molecule has 1 amide bonds. The summed E-state index contributed by atoms with van der Waals surface area (Å²) in [5.41, 5.74) is 1.18. The first-order valence-corrected chi connectivity index (χ1v) is 17.8. The molecule has 1 saturated carbocycles. The molecule has 256 valence electrons. The Kier molecular flexibility index (Phi) is 8.58. The van der Waals surface area contributed by atoms with Crippen molar-refractivity contribution in [1.29, 1.82) is 0 Å². The molecule has 2 bridgehead atoms. The van der Waals surface area contributed by atoms with Gasteiger partial charge in [0.2, 0.25) is 0 Å². The van der Waals surface area contributed by atoms with Crippen molar-refractivity contribution in [2.75, 3.05) is 17.2 Å². The van der Waals surface area contributed by atoms with E-state index in [1.165, 1.54) is 35.6 Å². The van der Waals surface area contributed by atoms with Gasteiger partial charge in [0.15, 0.2) is 10.9 Å². The number of rotatable bonds is 11. The molecule has 3 fully saturated rings. The van der Waals surface area contributed by atoms with E-state index in [1.54, 1.807) is 6.07 Å². The second kappa shape index (κ2) is 12.6. The lowest BCUT2D eigenvalue weighted by Crippen LogP contribution is -2.45. The van der Waals surface area contributed by atoms with Crippen LogP contribution in [0, 0.1) is 5.82 Å². The van der Waals surface area contributed by atoms with Gasteiger partial charge in [0, 0.05) is 41.2 Å². The van der Waals surface area contributed by atoms with Crippen LogP contribution in [-0.2, 0) is 21.5 Å². The van der Waals surface area contributed by atoms with E-state index in [2.05, 4.69) is 25.1 Å². The second-order valence-electron chi connectivity index (χ2n) is 12.2. The average Bonchev–Trinajstić information content (AvgIpc) is 3.52. The van der Waals surface area contributed by atoms with E-state index in [9.17, 15) is 26.4 Å². The third-order valence-electron chi connectivity index (χ3n) is 8.85.